The van der Waals surface area contributed by atoms with Crippen LogP contribution in [0.3, 0.4) is 0 Å². The van der Waals surface area contributed by atoms with Crippen molar-refractivity contribution >= 4 is 27.3 Å². The monoisotopic (exact) mass is 424 g/mol. The van der Waals surface area contributed by atoms with Gasteiger partial charge >= 0.3 is 0 Å². The third-order valence-electron chi connectivity index (χ3n) is 3.99. The van der Waals surface area contributed by atoms with Gasteiger partial charge in [-0.05, 0) is 35.9 Å². The van der Waals surface area contributed by atoms with Crippen LogP contribution in [0, 0.1) is 17.1 Å². The van der Waals surface area contributed by atoms with Crippen molar-refractivity contribution in [2.75, 3.05) is 5.32 Å². The number of thioether (sulfide) groups is 1. The third kappa shape index (κ3) is 5.05. The van der Waals surface area contributed by atoms with Crippen molar-refractivity contribution in [3.63, 3.8) is 0 Å². The second-order valence-corrected chi connectivity index (χ2v) is 8.83. The maximum Gasteiger partial charge on any atom is 0.219 e. The summed E-state index contributed by atoms with van der Waals surface area (Å²) in [5.74, 6) is -0.222. The van der Waals surface area contributed by atoms with Crippen molar-refractivity contribution in [1.82, 2.24) is 0 Å². The Kier molecular flexibility index (Phi) is 6.70. The summed E-state index contributed by atoms with van der Waals surface area (Å²) in [6.07, 6.45) is 0. The minimum Gasteiger partial charge on any atom is -0.349 e. The molecule has 0 aromatic heterocycles. The fourth-order valence-corrected chi connectivity index (χ4v) is 5.10. The van der Waals surface area contributed by atoms with Crippen LogP contribution in [0.5, 0.6) is 0 Å². The van der Waals surface area contributed by atoms with Crippen LogP contribution in [-0.4, -0.2) is 8.42 Å². The molecule has 3 aromatic rings. The Labute approximate surface area is 173 Å². The predicted molar refractivity (Wildman–Crippen MR) is 114 cm³/mol. The number of para-hydroxylation sites is 1. The molecule has 0 unspecified atom stereocenters. The van der Waals surface area contributed by atoms with Gasteiger partial charge in [0.25, 0.3) is 0 Å². The first-order chi connectivity index (χ1) is 14.0. The second kappa shape index (κ2) is 9.41. The van der Waals surface area contributed by atoms with Crippen molar-refractivity contribution < 1.29 is 12.8 Å². The number of sulfone groups is 1. The van der Waals surface area contributed by atoms with E-state index >= 15 is 0 Å². The van der Waals surface area contributed by atoms with Crippen LogP contribution in [0.1, 0.15) is 5.56 Å². The minimum absolute atomic E-state index is 0.0235. The van der Waals surface area contributed by atoms with Gasteiger partial charge in [0, 0.05) is 11.4 Å². The summed E-state index contributed by atoms with van der Waals surface area (Å²) in [5, 5.41) is 12.9. The van der Waals surface area contributed by atoms with Crippen molar-refractivity contribution in [2.45, 2.75) is 10.6 Å². The summed E-state index contributed by atoms with van der Waals surface area (Å²) in [4.78, 5) is -0.385. The van der Waals surface area contributed by atoms with Gasteiger partial charge in [-0.1, -0.05) is 54.6 Å². The van der Waals surface area contributed by atoms with E-state index in [1.807, 2.05) is 12.1 Å². The van der Waals surface area contributed by atoms with Gasteiger partial charge in [0.05, 0.1) is 4.90 Å². The van der Waals surface area contributed by atoms with E-state index in [2.05, 4.69) is 5.32 Å². The molecule has 0 aliphatic carbocycles. The molecule has 4 nitrogen and oxygen atoms in total. The van der Waals surface area contributed by atoms with Crippen LogP contribution in [0.15, 0.2) is 99.8 Å². The first-order valence-electron chi connectivity index (χ1n) is 8.65. The molecule has 0 bridgehead atoms. The molecule has 0 aliphatic heterocycles. The van der Waals surface area contributed by atoms with Gasteiger partial charge in [0.1, 0.15) is 16.9 Å². The average Bonchev–Trinajstić information content (AvgIpc) is 2.74. The third-order valence-corrected chi connectivity index (χ3v) is 6.90. The molecular formula is C22H17FN2O2S2. The lowest BCUT2D eigenvalue weighted by Crippen LogP contribution is -2.10. The van der Waals surface area contributed by atoms with Gasteiger partial charge < -0.3 is 5.32 Å². The zero-order chi connectivity index (χ0) is 20.7. The molecule has 146 valence electrons. The van der Waals surface area contributed by atoms with Gasteiger partial charge in [-0.15, -0.1) is 11.8 Å². The molecule has 0 saturated heterocycles. The molecular weight excluding hydrogens is 407 g/mol. The largest absolute Gasteiger partial charge is 0.349 e. The number of hydrogen-bond acceptors (Lipinski definition) is 5. The van der Waals surface area contributed by atoms with Crippen LogP contribution < -0.4 is 5.32 Å². The fraction of sp³-hybridized carbons (Fsp3) is 0.0455. The number of nitrogens with zero attached hydrogens (tertiary/aromatic N) is 1. The Morgan fingerprint density at radius 1 is 0.931 bits per heavy atom. The lowest BCUT2D eigenvalue weighted by atomic mass is 10.2. The minimum atomic E-state index is -4.04. The van der Waals surface area contributed by atoms with Crippen molar-refractivity contribution in [3.05, 3.63) is 106 Å². The van der Waals surface area contributed by atoms with E-state index in [1.54, 1.807) is 60.7 Å². The first-order valence-corrected chi connectivity index (χ1v) is 11.1. The number of nitriles is 1. The molecule has 29 heavy (non-hydrogen) atoms. The lowest BCUT2D eigenvalue weighted by Gasteiger charge is -2.14. The summed E-state index contributed by atoms with van der Waals surface area (Å²) >= 11 is 1.06. The topological polar surface area (TPSA) is 70.0 Å². The normalized spacial score (nSPS) is 12.0. The molecule has 3 rings (SSSR count). The number of allylic oxidation sites excluding steroid dienone is 1. The van der Waals surface area contributed by atoms with E-state index in [9.17, 15) is 18.1 Å². The zero-order valence-corrected chi connectivity index (χ0v) is 16.9. The van der Waals surface area contributed by atoms with Crippen molar-refractivity contribution in [2.24, 2.45) is 0 Å². The Hall–Kier alpha value is -3.08. The van der Waals surface area contributed by atoms with Crippen LogP contribution >= 0.6 is 11.8 Å². The smallest absolute Gasteiger partial charge is 0.219 e. The zero-order valence-electron chi connectivity index (χ0n) is 15.2. The Morgan fingerprint density at radius 3 is 2.14 bits per heavy atom. The molecule has 0 saturated carbocycles. The summed E-state index contributed by atoms with van der Waals surface area (Å²) in [5.41, 5.74) is 1.04. The molecule has 7 heteroatoms. The van der Waals surface area contributed by atoms with Crippen LogP contribution in [-0.2, 0) is 15.6 Å². The number of anilines is 1. The molecule has 0 atom stereocenters. The summed E-state index contributed by atoms with van der Waals surface area (Å²) in [7, 11) is -4.04. The molecule has 0 aliphatic rings. The van der Waals surface area contributed by atoms with E-state index in [0.29, 0.717) is 11.3 Å². The highest BCUT2D eigenvalue weighted by atomic mass is 32.2. The Morgan fingerprint density at radius 2 is 1.52 bits per heavy atom. The fourth-order valence-electron chi connectivity index (χ4n) is 2.53. The summed E-state index contributed by atoms with van der Waals surface area (Å²) < 4.78 is 40.1. The maximum atomic E-state index is 14.0. The molecule has 0 amide bonds. The standard InChI is InChI=1S/C22H17FN2O2S2/c23-20-14-8-7-9-17(20)16-28-22(25-18-10-3-1-4-11-18)21(15-24)29(26,27)19-12-5-2-6-13-19/h1-14,25H,16H2/b22-21+. The quantitative estimate of drug-likeness (QED) is 0.519. The number of benzene rings is 3. The van der Waals surface area contributed by atoms with E-state index < -0.39 is 14.7 Å². The Balaban J connectivity index is 2.04. The van der Waals surface area contributed by atoms with Gasteiger partial charge in [0.15, 0.2) is 4.91 Å². The van der Waals surface area contributed by atoms with Crippen molar-refractivity contribution in [1.29, 1.82) is 5.26 Å². The number of halogens is 1. The van der Waals surface area contributed by atoms with Crippen LogP contribution in [0.4, 0.5) is 10.1 Å². The second-order valence-electron chi connectivity index (χ2n) is 5.96. The number of nitrogens with one attached hydrogen (secondary N) is 1. The van der Waals surface area contributed by atoms with Gasteiger partial charge in [-0.3, -0.25) is 0 Å². The summed E-state index contributed by atoms with van der Waals surface area (Å²) in [6.45, 7) is 0. The molecule has 3 aromatic carbocycles. The van der Waals surface area contributed by atoms with E-state index in [1.165, 1.54) is 18.2 Å². The van der Waals surface area contributed by atoms with Crippen LogP contribution in [0.2, 0.25) is 0 Å². The lowest BCUT2D eigenvalue weighted by molar-refractivity contribution is 0.603. The summed E-state index contributed by atoms with van der Waals surface area (Å²) in [6, 6.07) is 24.8. The van der Waals surface area contributed by atoms with Crippen molar-refractivity contribution in [3.8, 4) is 6.07 Å². The highest BCUT2D eigenvalue weighted by Crippen LogP contribution is 2.31. The van der Waals surface area contributed by atoms with E-state index in [4.69, 9.17) is 0 Å². The number of hydrogen-bond donors (Lipinski definition) is 1. The maximum absolute atomic E-state index is 14.0. The van der Waals surface area contributed by atoms with Gasteiger partial charge in [-0.25, -0.2) is 12.8 Å². The predicted octanol–water partition coefficient (Wildman–Crippen LogP) is 5.34. The molecule has 1 N–H and O–H groups in total. The average molecular weight is 425 g/mol. The van der Waals surface area contributed by atoms with E-state index in [-0.39, 0.29) is 21.5 Å². The van der Waals surface area contributed by atoms with Gasteiger partial charge in [-0.2, -0.15) is 5.26 Å². The molecule has 0 fully saturated rings. The number of rotatable bonds is 7. The highest BCUT2D eigenvalue weighted by molar-refractivity contribution is 8.04. The molecule has 0 radical (unpaired) electrons. The molecule has 0 heterocycles. The van der Waals surface area contributed by atoms with Gasteiger partial charge in [0.2, 0.25) is 9.84 Å². The van der Waals surface area contributed by atoms with Crippen LogP contribution in [0.25, 0.3) is 0 Å². The SMILES string of the molecule is N#C/C(=C(/Nc1ccccc1)SCc1ccccc1F)S(=O)(=O)c1ccccc1. The first kappa shape index (κ1) is 20.6. The highest BCUT2D eigenvalue weighted by Gasteiger charge is 2.25. The van der Waals surface area contributed by atoms with E-state index in [0.717, 1.165) is 11.8 Å². The Bertz CT molecular complexity index is 1160. The molecule has 0 spiro atoms.